The summed E-state index contributed by atoms with van der Waals surface area (Å²) in [6, 6.07) is 5.95. The van der Waals surface area contributed by atoms with Crippen LogP contribution in [0.25, 0.3) is 11.3 Å². The Balaban J connectivity index is 2.58. The molecule has 0 spiro atoms. The first-order valence-electron chi connectivity index (χ1n) is 4.09. The molecule has 82 valence electrons. The molecule has 7 nitrogen and oxygen atoms in total. The fourth-order valence-corrected chi connectivity index (χ4v) is 1.33. The van der Waals surface area contributed by atoms with Crippen LogP contribution in [0.15, 0.2) is 28.9 Å². The lowest BCUT2D eigenvalue weighted by molar-refractivity contribution is -0.793. The molecule has 2 aromatic rings. The normalized spacial score (nSPS) is 10.3. The summed E-state index contributed by atoms with van der Waals surface area (Å²) in [6.45, 7) is 0. The number of aromatic nitrogens is 2. The highest BCUT2D eigenvalue weighted by Crippen LogP contribution is 2.25. The molecule has 1 aromatic carbocycles. The second kappa shape index (κ2) is 3.78. The average Bonchev–Trinajstić information content (AvgIpc) is 2.62. The van der Waals surface area contributed by atoms with E-state index in [9.17, 15) is 15.3 Å². The van der Waals surface area contributed by atoms with Crippen LogP contribution in [0.2, 0.25) is 5.02 Å². The van der Waals surface area contributed by atoms with Crippen molar-refractivity contribution in [2.45, 2.75) is 0 Å². The van der Waals surface area contributed by atoms with Gasteiger partial charge in [-0.2, -0.15) is 0 Å². The third kappa shape index (κ3) is 1.68. The van der Waals surface area contributed by atoms with E-state index in [2.05, 4.69) is 9.79 Å². The van der Waals surface area contributed by atoms with Gasteiger partial charge in [0.05, 0.1) is 5.16 Å². The molecule has 1 aromatic heterocycles. The average molecular weight is 242 g/mol. The molecule has 16 heavy (non-hydrogen) atoms. The van der Waals surface area contributed by atoms with Crippen LogP contribution in [0.4, 0.5) is 5.82 Å². The molecule has 0 amide bonds. The Bertz CT molecular complexity index is 537. The van der Waals surface area contributed by atoms with E-state index < -0.39 is 10.7 Å². The van der Waals surface area contributed by atoms with E-state index in [1.54, 1.807) is 0 Å². The van der Waals surface area contributed by atoms with Gasteiger partial charge in [-0.3, -0.25) is 4.63 Å². The summed E-state index contributed by atoms with van der Waals surface area (Å²) in [5.74, 6) is -0.627. The summed E-state index contributed by atoms with van der Waals surface area (Å²) >= 11 is 5.66. The quantitative estimate of drug-likeness (QED) is 0.451. The van der Waals surface area contributed by atoms with Gasteiger partial charge < -0.3 is 15.3 Å². The predicted octanol–water partition coefficient (Wildman–Crippen LogP) is 1.54. The van der Waals surface area contributed by atoms with Crippen LogP contribution in [-0.2, 0) is 0 Å². The monoisotopic (exact) mass is 241 g/mol. The van der Waals surface area contributed by atoms with Gasteiger partial charge in [0.25, 0.3) is 5.69 Å². The Morgan fingerprint density at radius 1 is 1.38 bits per heavy atom. The maximum atomic E-state index is 11.2. The van der Waals surface area contributed by atoms with E-state index in [0.717, 1.165) is 0 Å². The van der Waals surface area contributed by atoms with Crippen molar-refractivity contribution < 1.29 is 14.5 Å². The molecule has 2 rings (SSSR count). The number of hydrogen-bond acceptors (Lipinski definition) is 5. The molecular weight excluding hydrogens is 238 g/mol. The molecule has 0 saturated heterocycles. The van der Waals surface area contributed by atoms with Crippen LogP contribution in [0, 0.1) is 15.3 Å². The van der Waals surface area contributed by atoms with E-state index in [4.69, 9.17) is 11.6 Å². The van der Waals surface area contributed by atoms with Gasteiger partial charge in [-0.25, -0.2) is 0 Å². The standard InChI is InChI=1S/C8H4ClN3O4/c9-6-3-1-5(2-4-6)7-8(11(13)14)10-16-12(7)15/h1-4H. The summed E-state index contributed by atoms with van der Waals surface area (Å²) in [5, 5.41) is 25.3. The minimum atomic E-state index is -0.790. The molecule has 0 atom stereocenters. The molecule has 0 radical (unpaired) electrons. The molecular formula is C8H4ClN3O4. The molecule has 0 fully saturated rings. The van der Waals surface area contributed by atoms with Crippen molar-refractivity contribution in [1.29, 1.82) is 0 Å². The molecule has 1 heterocycles. The fourth-order valence-electron chi connectivity index (χ4n) is 1.20. The van der Waals surface area contributed by atoms with Crippen molar-refractivity contribution in [2.24, 2.45) is 0 Å². The molecule has 0 bridgehead atoms. The highest BCUT2D eigenvalue weighted by atomic mass is 35.5. The van der Waals surface area contributed by atoms with E-state index in [-0.39, 0.29) is 10.6 Å². The van der Waals surface area contributed by atoms with Crippen molar-refractivity contribution >= 4 is 17.4 Å². The maximum absolute atomic E-state index is 11.2. The first-order chi connectivity index (χ1) is 7.59. The van der Waals surface area contributed by atoms with Gasteiger partial charge in [0.1, 0.15) is 0 Å². The Morgan fingerprint density at radius 3 is 2.56 bits per heavy atom. The zero-order valence-corrected chi connectivity index (χ0v) is 8.42. The predicted molar refractivity (Wildman–Crippen MR) is 52.6 cm³/mol. The molecule has 0 aliphatic rings. The van der Waals surface area contributed by atoms with Gasteiger partial charge in [-0.15, -0.1) is 0 Å². The lowest BCUT2D eigenvalue weighted by atomic mass is 10.1. The van der Waals surface area contributed by atoms with Gasteiger partial charge >= 0.3 is 5.82 Å². The minimum absolute atomic E-state index is 0.0125. The van der Waals surface area contributed by atoms with Crippen LogP contribution in [0.5, 0.6) is 0 Å². The first kappa shape index (κ1) is 10.4. The van der Waals surface area contributed by atoms with Crippen LogP contribution >= 0.6 is 11.6 Å². The second-order valence-electron chi connectivity index (χ2n) is 2.87. The molecule has 0 unspecified atom stereocenters. The fraction of sp³-hybridized carbons (Fsp3) is 0. The number of nitrogens with zero attached hydrogens (tertiary/aromatic N) is 3. The summed E-state index contributed by atoms with van der Waals surface area (Å²) < 4.78 is 4.18. The molecule has 0 N–H and O–H groups in total. The number of rotatable bonds is 2. The third-order valence-corrected chi connectivity index (χ3v) is 2.14. The lowest BCUT2D eigenvalue weighted by Crippen LogP contribution is -2.25. The molecule has 8 heteroatoms. The van der Waals surface area contributed by atoms with E-state index in [1.165, 1.54) is 24.3 Å². The number of hydrogen-bond donors (Lipinski definition) is 0. The summed E-state index contributed by atoms with van der Waals surface area (Å²) in [6.07, 6.45) is 0. The van der Waals surface area contributed by atoms with Crippen LogP contribution in [-0.4, -0.2) is 10.1 Å². The van der Waals surface area contributed by atoms with E-state index >= 15 is 0 Å². The summed E-state index contributed by atoms with van der Waals surface area (Å²) in [7, 11) is 0. The highest BCUT2D eigenvalue weighted by Gasteiger charge is 2.26. The van der Waals surface area contributed by atoms with Crippen molar-refractivity contribution in [3.05, 3.63) is 44.6 Å². The number of benzene rings is 1. The van der Waals surface area contributed by atoms with Crippen molar-refractivity contribution in [3.8, 4) is 11.3 Å². The topological polar surface area (TPSA) is 96.1 Å². The Labute approximate surface area is 93.5 Å². The van der Waals surface area contributed by atoms with Crippen LogP contribution in [0.3, 0.4) is 0 Å². The molecule has 0 aliphatic heterocycles. The SMILES string of the molecule is O=[N+]([O-])c1no[n+]([O-])c1-c1ccc(Cl)cc1. The minimum Gasteiger partial charge on any atom is -0.359 e. The van der Waals surface area contributed by atoms with Crippen molar-refractivity contribution in [1.82, 2.24) is 5.16 Å². The summed E-state index contributed by atoms with van der Waals surface area (Å²) in [4.78, 5) is 9.78. The Hall–Kier alpha value is -2.15. The third-order valence-electron chi connectivity index (χ3n) is 1.89. The lowest BCUT2D eigenvalue weighted by Gasteiger charge is -1.97. The molecule has 0 aliphatic carbocycles. The maximum Gasteiger partial charge on any atom is 0.440 e. The Morgan fingerprint density at radius 2 is 2.00 bits per heavy atom. The number of halogens is 1. The van der Waals surface area contributed by atoms with Gasteiger partial charge in [0, 0.05) is 10.6 Å². The van der Waals surface area contributed by atoms with Gasteiger partial charge in [0.15, 0.2) is 0 Å². The smallest absolute Gasteiger partial charge is 0.359 e. The summed E-state index contributed by atoms with van der Waals surface area (Å²) in [5.41, 5.74) is 0.0639. The van der Waals surface area contributed by atoms with Gasteiger partial charge in [-0.1, -0.05) is 11.6 Å². The first-order valence-corrected chi connectivity index (χ1v) is 4.47. The molecule has 0 saturated carbocycles. The zero-order valence-electron chi connectivity index (χ0n) is 7.66. The van der Waals surface area contributed by atoms with Gasteiger partial charge in [0.2, 0.25) is 0 Å². The number of nitro groups is 1. The highest BCUT2D eigenvalue weighted by molar-refractivity contribution is 6.30. The zero-order chi connectivity index (χ0) is 11.7. The Kier molecular flexibility index (Phi) is 2.45. The largest absolute Gasteiger partial charge is 0.440 e. The second-order valence-corrected chi connectivity index (χ2v) is 3.30. The van der Waals surface area contributed by atoms with E-state index in [0.29, 0.717) is 10.6 Å². The van der Waals surface area contributed by atoms with Crippen molar-refractivity contribution in [3.63, 3.8) is 0 Å². The van der Waals surface area contributed by atoms with Crippen LogP contribution in [0.1, 0.15) is 0 Å². The van der Waals surface area contributed by atoms with E-state index in [1.807, 2.05) is 0 Å². The van der Waals surface area contributed by atoms with Crippen molar-refractivity contribution in [2.75, 3.05) is 0 Å². The van der Waals surface area contributed by atoms with Crippen LogP contribution < -0.4 is 4.90 Å². The van der Waals surface area contributed by atoms with Gasteiger partial charge in [-0.05, 0) is 34.1 Å².